The molecule has 0 unspecified atom stereocenters. The highest BCUT2D eigenvalue weighted by Crippen LogP contribution is 2.18. The molecular formula is C13H25N5. The lowest BCUT2D eigenvalue weighted by Crippen LogP contribution is -2.39. The Labute approximate surface area is 110 Å². The molecule has 1 aromatic heterocycles. The maximum Gasteiger partial charge on any atom is 0.134 e. The molecule has 5 nitrogen and oxygen atoms in total. The SMILES string of the molecule is CCCN(C)c1cc(NC(C)(C)CN)nc(C)n1. The van der Waals surface area contributed by atoms with Crippen LogP contribution in [0.1, 0.15) is 33.0 Å². The number of hydrogen-bond acceptors (Lipinski definition) is 5. The minimum Gasteiger partial charge on any atom is -0.364 e. The van der Waals surface area contributed by atoms with E-state index in [9.17, 15) is 0 Å². The molecule has 0 amide bonds. The van der Waals surface area contributed by atoms with Crippen LogP contribution in [0.25, 0.3) is 0 Å². The fraction of sp³-hybridized carbons (Fsp3) is 0.692. The van der Waals surface area contributed by atoms with Crippen LogP contribution in [0, 0.1) is 6.92 Å². The van der Waals surface area contributed by atoms with Crippen LogP contribution in [0.5, 0.6) is 0 Å². The highest BCUT2D eigenvalue weighted by atomic mass is 15.2. The van der Waals surface area contributed by atoms with Gasteiger partial charge in [-0.25, -0.2) is 9.97 Å². The van der Waals surface area contributed by atoms with Crippen molar-refractivity contribution in [1.82, 2.24) is 9.97 Å². The van der Waals surface area contributed by atoms with Gasteiger partial charge in [-0.2, -0.15) is 0 Å². The molecule has 0 atom stereocenters. The van der Waals surface area contributed by atoms with Gasteiger partial charge < -0.3 is 16.0 Å². The third kappa shape index (κ3) is 4.14. The number of nitrogens with one attached hydrogen (secondary N) is 1. The number of rotatable bonds is 6. The van der Waals surface area contributed by atoms with E-state index in [2.05, 4.69) is 41.0 Å². The van der Waals surface area contributed by atoms with Crippen LogP contribution in [-0.4, -0.2) is 35.6 Å². The van der Waals surface area contributed by atoms with E-state index >= 15 is 0 Å². The normalized spacial score (nSPS) is 11.4. The molecule has 0 aromatic carbocycles. The van der Waals surface area contributed by atoms with Gasteiger partial charge in [0.25, 0.3) is 0 Å². The van der Waals surface area contributed by atoms with Crippen molar-refractivity contribution in [2.24, 2.45) is 5.73 Å². The Bertz CT molecular complexity index is 389. The standard InChI is InChI=1S/C13H25N5/c1-6-7-18(5)12-8-11(15-10(2)16-12)17-13(3,4)9-14/h8H,6-7,9,14H2,1-5H3,(H,15,16,17). The van der Waals surface area contributed by atoms with Crippen LogP contribution in [0.4, 0.5) is 11.6 Å². The molecule has 5 heteroatoms. The molecule has 18 heavy (non-hydrogen) atoms. The van der Waals surface area contributed by atoms with E-state index in [1.165, 1.54) is 0 Å². The van der Waals surface area contributed by atoms with E-state index in [4.69, 9.17) is 5.73 Å². The second kappa shape index (κ2) is 6.00. The lowest BCUT2D eigenvalue weighted by Gasteiger charge is -2.26. The van der Waals surface area contributed by atoms with E-state index in [-0.39, 0.29) is 5.54 Å². The first-order valence-corrected chi connectivity index (χ1v) is 6.43. The summed E-state index contributed by atoms with van der Waals surface area (Å²) in [4.78, 5) is 11.0. The molecule has 1 aromatic rings. The summed E-state index contributed by atoms with van der Waals surface area (Å²) in [5.74, 6) is 2.54. The molecule has 0 aliphatic carbocycles. The molecule has 0 saturated heterocycles. The van der Waals surface area contributed by atoms with Gasteiger partial charge in [-0.05, 0) is 27.2 Å². The minimum absolute atomic E-state index is 0.165. The summed E-state index contributed by atoms with van der Waals surface area (Å²) in [6.07, 6.45) is 1.09. The molecule has 0 saturated carbocycles. The molecule has 0 spiro atoms. The second-order valence-electron chi connectivity index (χ2n) is 5.29. The summed E-state index contributed by atoms with van der Waals surface area (Å²) in [6.45, 7) is 9.71. The third-order valence-electron chi connectivity index (χ3n) is 2.75. The Kier molecular flexibility index (Phi) is 4.90. The average molecular weight is 251 g/mol. The molecule has 3 N–H and O–H groups in total. The molecule has 0 fully saturated rings. The van der Waals surface area contributed by atoms with Crippen LogP contribution in [0.2, 0.25) is 0 Å². The lowest BCUT2D eigenvalue weighted by molar-refractivity contribution is 0.576. The summed E-state index contributed by atoms with van der Waals surface area (Å²) >= 11 is 0. The summed E-state index contributed by atoms with van der Waals surface area (Å²) in [6, 6.07) is 1.97. The number of nitrogens with two attached hydrogens (primary N) is 1. The fourth-order valence-electron chi connectivity index (χ4n) is 1.66. The van der Waals surface area contributed by atoms with E-state index in [0.717, 1.165) is 30.4 Å². The number of aromatic nitrogens is 2. The minimum atomic E-state index is -0.165. The van der Waals surface area contributed by atoms with Crippen LogP contribution >= 0.6 is 0 Å². The number of nitrogens with zero attached hydrogens (tertiary/aromatic N) is 3. The number of anilines is 2. The summed E-state index contributed by atoms with van der Waals surface area (Å²) in [7, 11) is 2.04. The van der Waals surface area contributed by atoms with Crippen molar-refractivity contribution >= 4 is 11.6 Å². The zero-order valence-corrected chi connectivity index (χ0v) is 12.1. The van der Waals surface area contributed by atoms with Crippen LogP contribution in [-0.2, 0) is 0 Å². The summed E-state index contributed by atoms with van der Waals surface area (Å²) in [5.41, 5.74) is 5.56. The zero-order chi connectivity index (χ0) is 13.8. The molecule has 0 aliphatic rings. The van der Waals surface area contributed by atoms with Crippen molar-refractivity contribution in [3.05, 3.63) is 11.9 Å². The molecule has 0 aliphatic heterocycles. The van der Waals surface area contributed by atoms with E-state index < -0.39 is 0 Å². The Balaban J connectivity index is 2.94. The van der Waals surface area contributed by atoms with Gasteiger partial charge in [0.2, 0.25) is 0 Å². The largest absolute Gasteiger partial charge is 0.364 e. The Hall–Kier alpha value is -1.36. The van der Waals surface area contributed by atoms with Gasteiger partial charge in [-0.1, -0.05) is 6.92 Å². The topological polar surface area (TPSA) is 67.1 Å². The van der Waals surface area contributed by atoms with Crippen LogP contribution in [0.15, 0.2) is 6.07 Å². The fourth-order valence-corrected chi connectivity index (χ4v) is 1.66. The molecular weight excluding hydrogens is 226 g/mol. The summed E-state index contributed by atoms with van der Waals surface area (Å²) in [5, 5.41) is 3.34. The molecule has 1 rings (SSSR count). The van der Waals surface area contributed by atoms with Crippen LogP contribution < -0.4 is 16.0 Å². The van der Waals surface area contributed by atoms with E-state index in [1.807, 2.05) is 20.0 Å². The maximum atomic E-state index is 5.72. The Morgan fingerprint density at radius 1 is 1.39 bits per heavy atom. The molecule has 102 valence electrons. The van der Waals surface area contributed by atoms with Crippen LogP contribution in [0.3, 0.4) is 0 Å². The zero-order valence-electron chi connectivity index (χ0n) is 12.1. The quantitative estimate of drug-likeness (QED) is 0.806. The van der Waals surface area contributed by atoms with Gasteiger partial charge in [0, 0.05) is 31.7 Å². The first-order chi connectivity index (χ1) is 8.38. The number of hydrogen-bond donors (Lipinski definition) is 2. The predicted molar refractivity (Wildman–Crippen MR) is 77.1 cm³/mol. The van der Waals surface area contributed by atoms with Gasteiger partial charge >= 0.3 is 0 Å². The first kappa shape index (κ1) is 14.7. The van der Waals surface area contributed by atoms with E-state index in [1.54, 1.807) is 0 Å². The van der Waals surface area contributed by atoms with Gasteiger partial charge in [0.1, 0.15) is 17.5 Å². The number of aryl methyl sites for hydroxylation is 1. The first-order valence-electron chi connectivity index (χ1n) is 6.43. The van der Waals surface area contributed by atoms with Gasteiger partial charge in [0.05, 0.1) is 0 Å². The maximum absolute atomic E-state index is 5.72. The van der Waals surface area contributed by atoms with Crippen molar-refractivity contribution in [3.8, 4) is 0 Å². The van der Waals surface area contributed by atoms with Gasteiger partial charge in [-0.3, -0.25) is 0 Å². The van der Waals surface area contributed by atoms with Crippen molar-refractivity contribution in [2.75, 3.05) is 30.4 Å². The Morgan fingerprint density at radius 2 is 2.06 bits per heavy atom. The van der Waals surface area contributed by atoms with Crippen molar-refractivity contribution in [2.45, 2.75) is 39.7 Å². The van der Waals surface area contributed by atoms with Gasteiger partial charge in [0.15, 0.2) is 0 Å². The molecule has 1 heterocycles. The van der Waals surface area contributed by atoms with Crippen molar-refractivity contribution in [3.63, 3.8) is 0 Å². The smallest absolute Gasteiger partial charge is 0.134 e. The Morgan fingerprint density at radius 3 is 2.61 bits per heavy atom. The monoisotopic (exact) mass is 251 g/mol. The van der Waals surface area contributed by atoms with Crippen molar-refractivity contribution < 1.29 is 0 Å². The molecule has 0 radical (unpaired) electrons. The average Bonchev–Trinajstić information content (AvgIpc) is 2.28. The van der Waals surface area contributed by atoms with E-state index in [0.29, 0.717) is 6.54 Å². The lowest BCUT2D eigenvalue weighted by atomic mass is 10.1. The van der Waals surface area contributed by atoms with Gasteiger partial charge in [-0.15, -0.1) is 0 Å². The molecule has 0 bridgehead atoms. The third-order valence-corrected chi connectivity index (χ3v) is 2.75. The predicted octanol–water partition coefficient (Wildman–Crippen LogP) is 1.78. The summed E-state index contributed by atoms with van der Waals surface area (Å²) < 4.78 is 0. The highest BCUT2D eigenvalue weighted by Gasteiger charge is 2.16. The van der Waals surface area contributed by atoms with Crippen molar-refractivity contribution in [1.29, 1.82) is 0 Å². The highest BCUT2D eigenvalue weighted by molar-refractivity contribution is 5.50. The second-order valence-corrected chi connectivity index (χ2v) is 5.29.